The van der Waals surface area contributed by atoms with Crippen LogP contribution in [-0.4, -0.2) is 28.3 Å². The molecule has 1 N–H and O–H groups in total. The van der Waals surface area contributed by atoms with Crippen molar-refractivity contribution >= 4 is 5.95 Å². The third-order valence-electron chi connectivity index (χ3n) is 2.93. The van der Waals surface area contributed by atoms with Crippen molar-refractivity contribution in [3.05, 3.63) is 11.8 Å². The van der Waals surface area contributed by atoms with Crippen LogP contribution in [0, 0.1) is 6.92 Å². The highest BCUT2D eigenvalue weighted by atomic mass is 19.4. The number of rotatable bonds is 5. The molecule has 7 heteroatoms. The first-order chi connectivity index (χ1) is 8.86. The number of hydrogen-bond donors (Lipinski definition) is 1. The van der Waals surface area contributed by atoms with Gasteiger partial charge >= 0.3 is 6.18 Å². The maximum absolute atomic E-state index is 12.8. The summed E-state index contributed by atoms with van der Waals surface area (Å²) in [5.41, 5.74) is -1.29. The van der Waals surface area contributed by atoms with Crippen LogP contribution in [0.3, 0.4) is 0 Å². The van der Waals surface area contributed by atoms with E-state index in [-0.39, 0.29) is 18.8 Å². The average molecular weight is 275 g/mol. The van der Waals surface area contributed by atoms with Crippen molar-refractivity contribution < 1.29 is 17.9 Å². The van der Waals surface area contributed by atoms with E-state index in [0.29, 0.717) is 18.2 Å². The smallest absolute Gasteiger partial charge is 0.411 e. The number of alkyl halides is 3. The highest BCUT2D eigenvalue weighted by Crippen LogP contribution is 2.50. The van der Waals surface area contributed by atoms with Gasteiger partial charge in [-0.15, -0.1) is 0 Å². The van der Waals surface area contributed by atoms with Crippen molar-refractivity contribution in [2.75, 3.05) is 11.9 Å². The van der Waals surface area contributed by atoms with E-state index in [0.717, 1.165) is 6.42 Å². The topological polar surface area (TPSA) is 47.0 Å². The molecule has 0 aromatic carbocycles. The fourth-order valence-electron chi connectivity index (χ4n) is 1.69. The third-order valence-corrected chi connectivity index (χ3v) is 2.93. The predicted molar refractivity (Wildman–Crippen MR) is 64.2 cm³/mol. The summed E-state index contributed by atoms with van der Waals surface area (Å²) in [5.74, 6) is 0.274. The minimum Gasteiger partial charge on any atom is -0.478 e. The zero-order valence-electron chi connectivity index (χ0n) is 10.8. The van der Waals surface area contributed by atoms with Gasteiger partial charge in [0.1, 0.15) is 5.54 Å². The van der Waals surface area contributed by atoms with Crippen LogP contribution in [0.4, 0.5) is 19.1 Å². The largest absolute Gasteiger partial charge is 0.478 e. The Morgan fingerprint density at radius 1 is 1.37 bits per heavy atom. The van der Waals surface area contributed by atoms with Gasteiger partial charge in [0.2, 0.25) is 11.8 Å². The molecule has 1 fully saturated rings. The Kier molecular flexibility index (Phi) is 3.56. The minimum absolute atomic E-state index is 0.0269. The van der Waals surface area contributed by atoms with Crippen molar-refractivity contribution in [2.24, 2.45) is 0 Å². The first kappa shape index (κ1) is 13.9. The molecular weight excluding hydrogens is 259 g/mol. The van der Waals surface area contributed by atoms with Gasteiger partial charge in [0.05, 0.1) is 6.61 Å². The van der Waals surface area contributed by atoms with E-state index >= 15 is 0 Å². The number of anilines is 1. The van der Waals surface area contributed by atoms with Crippen LogP contribution in [-0.2, 0) is 0 Å². The van der Waals surface area contributed by atoms with Crippen LogP contribution in [0.15, 0.2) is 6.07 Å². The van der Waals surface area contributed by atoms with Crippen LogP contribution in [0.1, 0.15) is 31.9 Å². The second-order valence-corrected chi connectivity index (χ2v) is 4.72. The quantitative estimate of drug-likeness (QED) is 0.897. The van der Waals surface area contributed by atoms with E-state index in [2.05, 4.69) is 15.3 Å². The molecule has 2 rings (SSSR count). The van der Waals surface area contributed by atoms with E-state index in [9.17, 15) is 13.2 Å². The first-order valence-electron chi connectivity index (χ1n) is 6.20. The molecular formula is C12H16F3N3O. The van der Waals surface area contributed by atoms with Crippen molar-refractivity contribution in [1.29, 1.82) is 0 Å². The molecule has 1 aliphatic rings. The van der Waals surface area contributed by atoms with Gasteiger partial charge < -0.3 is 10.1 Å². The van der Waals surface area contributed by atoms with Crippen LogP contribution in [0.2, 0.25) is 0 Å². The Labute approximate surface area is 109 Å². The van der Waals surface area contributed by atoms with Crippen molar-refractivity contribution in [3.8, 4) is 5.88 Å². The number of aryl methyl sites for hydroxylation is 1. The summed E-state index contributed by atoms with van der Waals surface area (Å²) in [7, 11) is 0. The van der Waals surface area contributed by atoms with E-state index in [4.69, 9.17) is 4.74 Å². The van der Waals surface area contributed by atoms with E-state index in [1.165, 1.54) is 0 Å². The van der Waals surface area contributed by atoms with Gasteiger partial charge in [-0.05, 0) is 26.2 Å². The van der Waals surface area contributed by atoms with E-state index in [1.54, 1.807) is 13.0 Å². The Balaban J connectivity index is 2.14. The lowest BCUT2D eigenvalue weighted by molar-refractivity contribution is -0.151. The maximum Gasteiger partial charge on any atom is 0.411 e. The molecule has 0 saturated heterocycles. The fourth-order valence-corrected chi connectivity index (χ4v) is 1.69. The van der Waals surface area contributed by atoms with Crippen LogP contribution in [0.5, 0.6) is 5.88 Å². The summed E-state index contributed by atoms with van der Waals surface area (Å²) in [5, 5.41) is 2.40. The number of ether oxygens (including phenoxy) is 1. The van der Waals surface area contributed by atoms with Crippen molar-refractivity contribution in [3.63, 3.8) is 0 Å². The molecule has 0 spiro atoms. The van der Waals surface area contributed by atoms with E-state index in [1.807, 2.05) is 6.92 Å². The Hall–Kier alpha value is -1.53. The highest BCUT2D eigenvalue weighted by Gasteiger charge is 2.64. The number of hydrogen-bond acceptors (Lipinski definition) is 4. The summed E-state index contributed by atoms with van der Waals surface area (Å²) < 4.78 is 43.8. The second-order valence-electron chi connectivity index (χ2n) is 4.72. The Morgan fingerprint density at radius 3 is 2.58 bits per heavy atom. The molecule has 0 amide bonds. The fraction of sp³-hybridized carbons (Fsp3) is 0.667. The molecule has 0 bridgehead atoms. The standard InChI is InChI=1S/C12H16F3N3O/c1-3-6-19-9-7-8(2)16-10(17-9)18-11(4-5-11)12(13,14)15/h7H,3-6H2,1-2H3,(H,16,17,18). The molecule has 1 saturated carbocycles. The summed E-state index contributed by atoms with van der Waals surface area (Å²) in [4.78, 5) is 7.94. The normalized spacial score (nSPS) is 17.1. The molecule has 0 atom stereocenters. The lowest BCUT2D eigenvalue weighted by atomic mass is 10.2. The molecule has 1 aromatic rings. The third kappa shape index (κ3) is 3.08. The molecule has 0 radical (unpaired) electrons. The average Bonchev–Trinajstić information content (AvgIpc) is 3.06. The van der Waals surface area contributed by atoms with Gasteiger partial charge in [0.15, 0.2) is 0 Å². The number of aromatic nitrogens is 2. The zero-order valence-corrected chi connectivity index (χ0v) is 10.8. The van der Waals surface area contributed by atoms with Gasteiger partial charge in [-0.1, -0.05) is 6.92 Å². The van der Waals surface area contributed by atoms with Gasteiger partial charge in [0, 0.05) is 11.8 Å². The van der Waals surface area contributed by atoms with Crippen molar-refractivity contribution in [1.82, 2.24) is 9.97 Å². The lowest BCUT2D eigenvalue weighted by Crippen LogP contribution is -2.39. The van der Waals surface area contributed by atoms with Gasteiger partial charge in [-0.2, -0.15) is 18.2 Å². The molecule has 0 unspecified atom stereocenters. The maximum atomic E-state index is 12.8. The minimum atomic E-state index is -4.29. The van der Waals surface area contributed by atoms with Gasteiger partial charge in [0.25, 0.3) is 0 Å². The van der Waals surface area contributed by atoms with Crippen LogP contribution in [0.25, 0.3) is 0 Å². The summed E-state index contributed by atoms with van der Waals surface area (Å²) >= 11 is 0. The van der Waals surface area contributed by atoms with Crippen LogP contribution < -0.4 is 10.1 Å². The number of nitrogens with one attached hydrogen (secondary N) is 1. The summed E-state index contributed by atoms with van der Waals surface area (Å²) in [6.07, 6.45) is -3.37. The second kappa shape index (κ2) is 4.86. The van der Waals surface area contributed by atoms with E-state index < -0.39 is 11.7 Å². The van der Waals surface area contributed by atoms with Crippen molar-refractivity contribution in [2.45, 2.75) is 44.8 Å². The predicted octanol–water partition coefficient (Wildman–Crippen LogP) is 3.08. The molecule has 1 heterocycles. The SMILES string of the molecule is CCCOc1cc(C)nc(NC2(C(F)(F)F)CC2)n1. The lowest BCUT2D eigenvalue weighted by Gasteiger charge is -2.21. The molecule has 106 valence electrons. The highest BCUT2D eigenvalue weighted by molar-refractivity contribution is 5.38. The summed E-state index contributed by atoms with van der Waals surface area (Å²) in [6, 6.07) is 1.61. The molecule has 4 nitrogen and oxygen atoms in total. The van der Waals surface area contributed by atoms with Crippen LogP contribution >= 0.6 is 0 Å². The van der Waals surface area contributed by atoms with Gasteiger partial charge in [-0.3, -0.25) is 0 Å². The molecule has 19 heavy (non-hydrogen) atoms. The van der Waals surface area contributed by atoms with Gasteiger partial charge in [-0.25, -0.2) is 4.98 Å². The molecule has 1 aromatic heterocycles. The monoisotopic (exact) mass is 275 g/mol. The number of nitrogens with zero attached hydrogens (tertiary/aromatic N) is 2. The Bertz CT molecular complexity index is 458. The zero-order chi connectivity index (χ0) is 14.1. The Morgan fingerprint density at radius 2 is 2.05 bits per heavy atom. The number of halogens is 3. The molecule has 0 aliphatic heterocycles. The first-order valence-corrected chi connectivity index (χ1v) is 6.20. The summed E-state index contributed by atoms with van der Waals surface area (Å²) in [6.45, 7) is 4.11. The molecule has 1 aliphatic carbocycles.